The van der Waals surface area contributed by atoms with Gasteiger partial charge in [-0.05, 0) is 36.8 Å². The van der Waals surface area contributed by atoms with E-state index in [9.17, 15) is 10.1 Å². The molecule has 0 unspecified atom stereocenters. The SMILES string of the molecule is Cc1oc(-n2cccc2)c(C#N)c1C(=O)NCc1ccc(Cl)cc1Cl. The molecule has 1 amide bonds. The van der Waals surface area contributed by atoms with Crippen molar-refractivity contribution >= 4 is 29.1 Å². The van der Waals surface area contributed by atoms with Gasteiger partial charge in [-0.25, -0.2) is 0 Å². The Bertz CT molecular complexity index is 969. The number of aromatic nitrogens is 1. The van der Waals surface area contributed by atoms with Gasteiger partial charge in [0.15, 0.2) is 0 Å². The van der Waals surface area contributed by atoms with Gasteiger partial charge in [0.05, 0.1) is 0 Å². The Balaban J connectivity index is 1.86. The van der Waals surface area contributed by atoms with Gasteiger partial charge in [-0.1, -0.05) is 29.3 Å². The first kappa shape index (κ1) is 17.2. The number of hydrogen-bond acceptors (Lipinski definition) is 3. The van der Waals surface area contributed by atoms with Crippen LogP contribution in [0.2, 0.25) is 10.0 Å². The molecule has 1 N–H and O–H groups in total. The number of carbonyl (C=O) groups is 1. The van der Waals surface area contributed by atoms with Crippen LogP contribution in [0.4, 0.5) is 0 Å². The third-order valence-electron chi connectivity index (χ3n) is 3.70. The van der Waals surface area contributed by atoms with E-state index in [1.165, 1.54) is 0 Å². The van der Waals surface area contributed by atoms with Gasteiger partial charge in [0.2, 0.25) is 5.88 Å². The zero-order valence-electron chi connectivity index (χ0n) is 13.2. The highest BCUT2D eigenvalue weighted by atomic mass is 35.5. The lowest BCUT2D eigenvalue weighted by Crippen LogP contribution is -2.24. The molecule has 0 spiro atoms. The molecule has 0 atom stereocenters. The standard InChI is InChI=1S/C18H13Cl2N3O2/c1-11-16(14(9-21)18(25-11)23-6-2-3-7-23)17(24)22-10-12-4-5-13(19)8-15(12)20/h2-8H,10H2,1H3,(H,22,24). The average molecular weight is 374 g/mol. The molecule has 0 fully saturated rings. The summed E-state index contributed by atoms with van der Waals surface area (Å²) in [7, 11) is 0. The summed E-state index contributed by atoms with van der Waals surface area (Å²) in [5.74, 6) is 0.293. The van der Waals surface area contributed by atoms with E-state index in [1.807, 2.05) is 0 Å². The first-order valence-electron chi connectivity index (χ1n) is 7.40. The maximum atomic E-state index is 12.6. The number of nitrogens with zero attached hydrogens (tertiary/aromatic N) is 2. The van der Waals surface area contributed by atoms with Gasteiger partial charge in [0, 0.05) is 29.0 Å². The van der Waals surface area contributed by atoms with Crippen LogP contribution >= 0.6 is 23.2 Å². The van der Waals surface area contributed by atoms with Crippen LogP contribution in [0, 0.1) is 18.3 Å². The molecule has 7 heteroatoms. The summed E-state index contributed by atoms with van der Waals surface area (Å²) in [5, 5.41) is 13.2. The summed E-state index contributed by atoms with van der Waals surface area (Å²) >= 11 is 12.0. The second-order valence-electron chi connectivity index (χ2n) is 5.33. The van der Waals surface area contributed by atoms with Crippen LogP contribution in [0.15, 0.2) is 47.1 Å². The Morgan fingerprint density at radius 2 is 2.04 bits per heavy atom. The molecular formula is C18H13Cl2N3O2. The van der Waals surface area contributed by atoms with Gasteiger partial charge in [0.25, 0.3) is 5.91 Å². The molecule has 0 bridgehead atoms. The molecule has 2 heterocycles. The van der Waals surface area contributed by atoms with Crippen LogP contribution in [0.25, 0.3) is 5.88 Å². The van der Waals surface area contributed by atoms with Crippen LogP contribution in [0.1, 0.15) is 27.2 Å². The Morgan fingerprint density at radius 1 is 1.32 bits per heavy atom. The van der Waals surface area contributed by atoms with Crippen molar-refractivity contribution in [2.45, 2.75) is 13.5 Å². The molecule has 25 heavy (non-hydrogen) atoms. The number of carbonyl (C=O) groups excluding carboxylic acids is 1. The number of amides is 1. The summed E-state index contributed by atoms with van der Waals surface area (Å²) in [6, 6.07) is 10.7. The second kappa shape index (κ2) is 7.06. The van der Waals surface area contributed by atoms with Gasteiger partial charge in [-0.15, -0.1) is 0 Å². The Labute approximate surface area is 154 Å². The molecule has 0 aliphatic rings. The minimum absolute atomic E-state index is 0.188. The molecular weight excluding hydrogens is 361 g/mol. The summed E-state index contributed by atoms with van der Waals surface area (Å²) in [6.45, 7) is 1.86. The number of hydrogen-bond donors (Lipinski definition) is 1. The number of halogens is 2. The molecule has 2 aromatic heterocycles. The lowest BCUT2D eigenvalue weighted by molar-refractivity contribution is 0.0949. The smallest absolute Gasteiger partial charge is 0.256 e. The van der Waals surface area contributed by atoms with Gasteiger partial charge < -0.3 is 9.73 Å². The van der Waals surface area contributed by atoms with Crippen molar-refractivity contribution in [3.8, 4) is 12.0 Å². The monoisotopic (exact) mass is 373 g/mol. The summed E-state index contributed by atoms with van der Waals surface area (Å²) in [6.07, 6.45) is 3.49. The van der Waals surface area contributed by atoms with Crippen LogP contribution in [0.3, 0.4) is 0 Å². The molecule has 126 valence electrons. The first-order chi connectivity index (χ1) is 12.0. The lowest BCUT2D eigenvalue weighted by atomic mass is 10.1. The minimum atomic E-state index is -0.401. The molecule has 3 aromatic rings. The Hall–Kier alpha value is -2.68. The van der Waals surface area contributed by atoms with Crippen LogP contribution in [-0.4, -0.2) is 10.5 Å². The predicted octanol–water partition coefficient (Wildman–Crippen LogP) is 4.49. The van der Waals surface area contributed by atoms with E-state index in [2.05, 4.69) is 11.4 Å². The summed E-state index contributed by atoms with van der Waals surface area (Å²) < 4.78 is 7.28. The van der Waals surface area contributed by atoms with E-state index in [4.69, 9.17) is 27.6 Å². The Morgan fingerprint density at radius 3 is 2.68 bits per heavy atom. The van der Waals surface area contributed by atoms with Gasteiger partial charge >= 0.3 is 0 Å². The topological polar surface area (TPSA) is 71.0 Å². The van der Waals surface area contributed by atoms with Crippen LogP contribution in [0.5, 0.6) is 0 Å². The van der Waals surface area contributed by atoms with Gasteiger partial charge in [-0.2, -0.15) is 5.26 Å². The molecule has 0 aliphatic heterocycles. The summed E-state index contributed by atoms with van der Waals surface area (Å²) in [5.41, 5.74) is 1.13. The molecule has 3 rings (SSSR count). The quantitative estimate of drug-likeness (QED) is 0.732. The van der Waals surface area contributed by atoms with E-state index in [0.717, 1.165) is 5.56 Å². The van der Waals surface area contributed by atoms with E-state index in [1.54, 1.807) is 54.2 Å². The fourth-order valence-corrected chi connectivity index (χ4v) is 2.96. The minimum Gasteiger partial charge on any atom is -0.443 e. The van der Waals surface area contributed by atoms with E-state index < -0.39 is 5.91 Å². The number of nitriles is 1. The third kappa shape index (κ3) is 3.41. The van der Waals surface area contributed by atoms with Crippen LogP contribution in [-0.2, 0) is 6.54 Å². The zero-order chi connectivity index (χ0) is 18.0. The molecule has 0 saturated carbocycles. The number of nitrogens with one attached hydrogen (secondary N) is 1. The van der Waals surface area contributed by atoms with Gasteiger partial charge in [0.1, 0.15) is 23.0 Å². The van der Waals surface area contributed by atoms with Crippen molar-refractivity contribution in [2.75, 3.05) is 0 Å². The van der Waals surface area contributed by atoms with Crippen molar-refractivity contribution in [3.63, 3.8) is 0 Å². The summed E-state index contributed by atoms with van der Waals surface area (Å²) in [4.78, 5) is 12.6. The fourth-order valence-electron chi connectivity index (χ4n) is 2.49. The van der Waals surface area contributed by atoms with E-state index in [-0.39, 0.29) is 17.7 Å². The fraction of sp³-hybridized carbons (Fsp3) is 0.111. The number of benzene rings is 1. The largest absolute Gasteiger partial charge is 0.443 e. The van der Waals surface area contributed by atoms with E-state index >= 15 is 0 Å². The second-order valence-corrected chi connectivity index (χ2v) is 6.18. The Kier molecular flexibility index (Phi) is 4.84. The highest BCUT2D eigenvalue weighted by molar-refractivity contribution is 6.35. The predicted molar refractivity (Wildman–Crippen MR) is 95.1 cm³/mol. The third-order valence-corrected chi connectivity index (χ3v) is 4.28. The molecule has 1 aromatic carbocycles. The van der Waals surface area contributed by atoms with Gasteiger partial charge in [-0.3, -0.25) is 9.36 Å². The highest BCUT2D eigenvalue weighted by Crippen LogP contribution is 2.26. The molecule has 5 nitrogen and oxygen atoms in total. The zero-order valence-corrected chi connectivity index (χ0v) is 14.7. The van der Waals surface area contributed by atoms with Crippen molar-refractivity contribution in [3.05, 3.63) is 75.2 Å². The molecule has 0 saturated heterocycles. The van der Waals surface area contributed by atoms with E-state index in [0.29, 0.717) is 21.7 Å². The maximum Gasteiger partial charge on any atom is 0.256 e. The number of aryl methyl sites for hydroxylation is 1. The number of rotatable bonds is 4. The molecule has 0 aliphatic carbocycles. The number of furan rings is 1. The lowest BCUT2D eigenvalue weighted by Gasteiger charge is -2.07. The average Bonchev–Trinajstić information content (AvgIpc) is 3.20. The van der Waals surface area contributed by atoms with Crippen LogP contribution < -0.4 is 5.32 Å². The van der Waals surface area contributed by atoms with Crippen molar-refractivity contribution in [1.82, 2.24) is 9.88 Å². The van der Waals surface area contributed by atoms with Crippen molar-refractivity contribution in [2.24, 2.45) is 0 Å². The highest BCUT2D eigenvalue weighted by Gasteiger charge is 2.24. The normalized spacial score (nSPS) is 10.5. The first-order valence-corrected chi connectivity index (χ1v) is 8.16. The maximum absolute atomic E-state index is 12.6. The molecule has 0 radical (unpaired) electrons. The van der Waals surface area contributed by atoms with Crippen molar-refractivity contribution < 1.29 is 9.21 Å². The van der Waals surface area contributed by atoms with Crippen molar-refractivity contribution in [1.29, 1.82) is 5.26 Å².